The maximum atomic E-state index is 12.5. The molecule has 106 valence electrons. The third-order valence-electron chi connectivity index (χ3n) is 3.81. The molecule has 20 heavy (non-hydrogen) atoms. The predicted molar refractivity (Wildman–Crippen MR) is 80.8 cm³/mol. The fourth-order valence-corrected chi connectivity index (χ4v) is 3.06. The molecule has 0 spiro atoms. The van der Waals surface area contributed by atoms with Crippen LogP contribution in [0.4, 0.5) is 5.69 Å². The van der Waals surface area contributed by atoms with Crippen molar-refractivity contribution in [3.63, 3.8) is 0 Å². The van der Waals surface area contributed by atoms with E-state index in [0.717, 1.165) is 25.7 Å². The average molecular weight is 311 g/mol. The van der Waals surface area contributed by atoms with Gasteiger partial charge in [0.15, 0.2) is 0 Å². The summed E-state index contributed by atoms with van der Waals surface area (Å²) in [5.41, 5.74) is -0.571. The number of carbonyl (C=O) groups excluding carboxylic acids is 1. The van der Waals surface area contributed by atoms with Gasteiger partial charge in [-0.2, -0.15) is 5.26 Å². The van der Waals surface area contributed by atoms with Crippen LogP contribution in [0.15, 0.2) is 18.2 Å². The van der Waals surface area contributed by atoms with Gasteiger partial charge in [-0.05, 0) is 25.0 Å². The van der Waals surface area contributed by atoms with Gasteiger partial charge in [0, 0.05) is 0 Å². The Balaban J connectivity index is 2.24. The van der Waals surface area contributed by atoms with Crippen molar-refractivity contribution in [2.24, 2.45) is 5.41 Å². The van der Waals surface area contributed by atoms with Crippen molar-refractivity contribution in [1.29, 1.82) is 5.26 Å². The van der Waals surface area contributed by atoms with Crippen LogP contribution in [0.5, 0.6) is 0 Å². The molecule has 0 radical (unpaired) electrons. The SMILES string of the molecule is N#CC1(C(=O)Nc2c(Cl)cccc2Cl)CCCCCC1. The number of halogens is 2. The van der Waals surface area contributed by atoms with Crippen LogP contribution >= 0.6 is 23.2 Å². The molecule has 0 aromatic heterocycles. The summed E-state index contributed by atoms with van der Waals surface area (Å²) in [5, 5.41) is 13.0. The molecule has 1 aliphatic rings. The van der Waals surface area contributed by atoms with Gasteiger partial charge < -0.3 is 5.32 Å². The number of carbonyl (C=O) groups is 1. The Kier molecular flexibility index (Phi) is 4.91. The minimum absolute atomic E-state index is 0.295. The van der Waals surface area contributed by atoms with Crippen molar-refractivity contribution in [2.45, 2.75) is 38.5 Å². The summed E-state index contributed by atoms with van der Waals surface area (Å²) in [5.74, 6) is -0.295. The quantitative estimate of drug-likeness (QED) is 0.798. The molecule has 0 heterocycles. The van der Waals surface area contributed by atoms with Crippen LogP contribution in [0.3, 0.4) is 0 Å². The highest BCUT2D eigenvalue weighted by Gasteiger charge is 2.39. The molecule has 0 unspecified atom stereocenters. The second-order valence-electron chi connectivity index (χ2n) is 5.16. The Labute approximate surface area is 128 Å². The van der Waals surface area contributed by atoms with Crippen LogP contribution in [-0.2, 0) is 4.79 Å². The fourth-order valence-electron chi connectivity index (χ4n) is 2.57. The largest absolute Gasteiger partial charge is 0.322 e. The van der Waals surface area contributed by atoms with E-state index in [1.165, 1.54) is 0 Å². The van der Waals surface area contributed by atoms with E-state index in [2.05, 4.69) is 11.4 Å². The maximum Gasteiger partial charge on any atom is 0.244 e. The van der Waals surface area contributed by atoms with Crippen LogP contribution in [0.25, 0.3) is 0 Å². The van der Waals surface area contributed by atoms with Gasteiger partial charge >= 0.3 is 0 Å². The van der Waals surface area contributed by atoms with E-state index in [0.29, 0.717) is 28.6 Å². The van der Waals surface area contributed by atoms with E-state index in [4.69, 9.17) is 23.2 Å². The highest BCUT2D eigenvalue weighted by Crippen LogP contribution is 2.37. The molecule has 0 saturated heterocycles. The lowest BCUT2D eigenvalue weighted by molar-refractivity contribution is -0.123. The molecule has 5 heteroatoms. The van der Waals surface area contributed by atoms with Crippen LogP contribution in [0, 0.1) is 16.7 Å². The molecule has 0 atom stereocenters. The van der Waals surface area contributed by atoms with Gasteiger partial charge in [0.2, 0.25) is 5.91 Å². The summed E-state index contributed by atoms with van der Waals surface area (Å²) in [6.07, 6.45) is 5.14. The van der Waals surface area contributed by atoms with E-state index >= 15 is 0 Å². The first kappa shape index (κ1) is 15.2. The summed E-state index contributed by atoms with van der Waals surface area (Å²) >= 11 is 12.1. The van der Waals surface area contributed by atoms with Crippen molar-refractivity contribution in [2.75, 3.05) is 5.32 Å². The Bertz CT molecular complexity index is 523. The van der Waals surface area contributed by atoms with Crippen LogP contribution in [0.2, 0.25) is 10.0 Å². The number of nitrogens with one attached hydrogen (secondary N) is 1. The van der Waals surface area contributed by atoms with Crippen LogP contribution < -0.4 is 5.32 Å². The molecule has 0 aliphatic heterocycles. The first-order valence-corrected chi connectivity index (χ1v) is 7.51. The first-order valence-electron chi connectivity index (χ1n) is 6.76. The van der Waals surface area contributed by atoms with Crippen molar-refractivity contribution >= 4 is 34.8 Å². The summed E-state index contributed by atoms with van der Waals surface area (Å²) in [7, 11) is 0. The van der Waals surface area contributed by atoms with Crippen molar-refractivity contribution < 1.29 is 4.79 Å². The molecule has 1 aromatic carbocycles. The van der Waals surface area contributed by atoms with Crippen LogP contribution in [0.1, 0.15) is 38.5 Å². The van der Waals surface area contributed by atoms with Gasteiger partial charge in [-0.25, -0.2) is 0 Å². The zero-order valence-corrected chi connectivity index (χ0v) is 12.6. The molecule has 1 aliphatic carbocycles. The Morgan fingerprint density at radius 1 is 1.15 bits per heavy atom. The molecule has 3 nitrogen and oxygen atoms in total. The third kappa shape index (κ3) is 3.08. The van der Waals surface area contributed by atoms with Gasteiger partial charge in [0.1, 0.15) is 5.41 Å². The van der Waals surface area contributed by atoms with Crippen molar-refractivity contribution in [3.05, 3.63) is 28.2 Å². The molecule has 2 rings (SSSR count). The minimum Gasteiger partial charge on any atom is -0.322 e. The molecule has 1 N–H and O–H groups in total. The molecule has 1 amide bonds. The Morgan fingerprint density at radius 3 is 2.20 bits per heavy atom. The number of anilines is 1. The Hall–Kier alpha value is -1.24. The fraction of sp³-hybridized carbons (Fsp3) is 0.467. The minimum atomic E-state index is -0.959. The van der Waals surface area contributed by atoms with Gasteiger partial charge in [0.05, 0.1) is 21.8 Å². The standard InChI is InChI=1S/C15H16Cl2N2O/c16-11-6-5-7-12(17)13(11)19-14(20)15(10-18)8-3-1-2-4-9-15/h5-7H,1-4,8-9H2,(H,19,20). The highest BCUT2D eigenvalue weighted by atomic mass is 35.5. The van der Waals surface area contributed by atoms with E-state index in [-0.39, 0.29) is 5.91 Å². The summed E-state index contributed by atoms with van der Waals surface area (Å²) in [4.78, 5) is 12.5. The lowest BCUT2D eigenvalue weighted by Crippen LogP contribution is -2.34. The Morgan fingerprint density at radius 2 is 1.70 bits per heavy atom. The monoisotopic (exact) mass is 310 g/mol. The topological polar surface area (TPSA) is 52.9 Å². The molecule has 1 fully saturated rings. The number of amides is 1. The van der Waals surface area contributed by atoms with Gasteiger partial charge in [-0.15, -0.1) is 0 Å². The zero-order chi connectivity index (χ0) is 14.6. The van der Waals surface area contributed by atoms with E-state index in [1.54, 1.807) is 18.2 Å². The predicted octanol–water partition coefficient (Wildman–Crippen LogP) is 4.80. The van der Waals surface area contributed by atoms with Crippen molar-refractivity contribution in [3.8, 4) is 6.07 Å². The van der Waals surface area contributed by atoms with E-state index in [1.807, 2.05) is 0 Å². The van der Waals surface area contributed by atoms with E-state index < -0.39 is 5.41 Å². The number of para-hydroxylation sites is 1. The normalized spacial score (nSPS) is 17.9. The van der Waals surface area contributed by atoms with Gasteiger partial charge in [-0.3, -0.25) is 4.79 Å². The zero-order valence-electron chi connectivity index (χ0n) is 11.1. The second kappa shape index (κ2) is 6.47. The smallest absolute Gasteiger partial charge is 0.244 e. The lowest BCUT2D eigenvalue weighted by atomic mass is 9.81. The number of hydrogen-bond acceptors (Lipinski definition) is 2. The second-order valence-corrected chi connectivity index (χ2v) is 5.97. The summed E-state index contributed by atoms with van der Waals surface area (Å²) in [6, 6.07) is 7.26. The summed E-state index contributed by atoms with van der Waals surface area (Å²) < 4.78 is 0. The molecule has 1 saturated carbocycles. The third-order valence-corrected chi connectivity index (χ3v) is 4.44. The van der Waals surface area contributed by atoms with Gasteiger partial charge in [-0.1, -0.05) is 55.0 Å². The van der Waals surface area contributed by atoms with Crippen molar-refractivity contribution in [1.82, 2.24) is 0 Å². The number of nitriles is 1. The number of rotatable bonds is 2. The molecular formula is C15H16Cl2N2O. The highest BCUT2D eigenvalue weighted by molar-refractivity contribution is 6.39. The molecule has 1 aromatic rings. The number of nitrogens with zero attached hydrogens (tertiary/aromatic N) is 1. The first-order chi connectivity index (χ1) is 9.59. The van der Waals surface area contributed by atoms with Gasteiger partial charge in [0.25, 0.3) is 0 Å². The number of benzene rings is 1. The summed E-state index contributed by atoms with van der Waals surface area (Å²) in [6.45, 7) is 0. The molecular weight excluding hydrogens is 295 g/mol. The average Bonchev–Trinajstić information content (AvgIpc) is 2.69. The number of hydrogen-bond donors (Lipinski definition) is 1. The lowest BCUT2D eigenvalue weighted by Gasteiger charge is -2.24. The van der Waals surface area contributed by atoms with Crippen LogP contribution in [-0.4, -0.2) is 5.91 Å². The maximum absolute atomic E-state index is 12.5. The van der Waals surface area contributed by atoms with E-state index in [9.17, 15) is 10.1 Å². The molecule has 0 bridgehead atoms.